The number of carbonyl (C=O) groups is 1. The first kappa shape index (κ1) is 20.5. The molecule has 140 valence electrons. The SMILES string of the molecule is Cl.NC[C@H]1CC[C@@H](C(=O)Nc2cccc(CSC3CCOCC3)c2)O1. The van der Waals surface area contributed by atoms with Gasteiger partial charge in [0.15, 0.2) is 0 Å². The minimum absolute atomic E-state index is 0. The maximum absolute atomic E-state index is 12.3. The molecule has 0 aliphatic carbocycles. The molecule has 2 atom stereocenters. The number of halogens is 1. The Morgan fingerprint density at radius 2 is 2.04 bits per heavy atom. The summed E-state index contributed by atoms with van der Waals surface area (Å²) in [5.74, 6) is 0.893. The second-order valence-electron chi connectivity index (χ2n) is 6.37. The molecule has 2 heterocycles. The van der Waals surface area contributed by atoms with E-state index in [1.807, 2.05) is 23.9 Å². The van der Waals surface area contributed by atoms with E-state index in [0.717, 1.165) is 50.3 Å². The first-order valence-corrected chi connectivity index (χ1v) is 9.74. The van der Waals surface area contributed by atoms with E-state index in [-0.39, 0.29) is 30.5 Å². The first-order chi connectivity index (χ1) is 11.7. The van der Waals surface area contributed by atoms with E-state index < -0.39 is 0 Å². The summed E-state index contributed by atoms with van der Waals surface area (Å²) in [6.45, 7) is 2.22. The van der Waals surface area contributed by atoms with Gasteiger partial charge in [-0.3, -0.25) is 4.79 Å². The third-order valence-electron chi connectivity index (χ3n) is 4.51. The molecule has 1 aromatic carbocycles. The molecular formula is C18H27ClN2O3S. The highest BCUT2D eigenvalue weighted by atomic mass is 35.5. The number of anilines is 1. The number of rotatable bonds is 6. The molecule has 25 heavy (non-hydrogen) atoms. The number of carbonyl (C=O) groups excluding carboxylic acids is 1. The van der Waals surface area contributed by atoms with E-state index in [1.54, 1.807) is 0 Å². The Labute approximate surface area is 159 Å². The molecule has 3 rings (SSSR count). The molecule has 7 heteroatoms. The average Bonchev–Trinajstić information content (AvgIpc) is 3.11. The number of thioether (sulfide) groups is 1. The summed E-state index contributed by atoms with van der Waals surface area (Å²) in [7, 11) is 0. The van der Waals surface area contributed by atoms with Crippen LogP contribution in [0.1, 0.15) is 31.2 Å². The van der Waals surface area contributed by atoms with Crippen LogP contribution in [0.15, 0.2) is 24.3 Å². The third-order valence-corrected chi connectivity index (χ3v) is 5.95. The highest BCUT2D eigenvalue weighted by Gasteiger charge is 2.29. The molecule has 2 aliphatic heterocycles. The zero-order valence-corrected chi connectivity index (χ0v) is 15.9. The monoisotopic (exact) mass is 386 g/mol. The van der Waals surface area contributed by atoms with Crippen molar-refractivity contribution in [3.8, 4) is 0 Å². The van der Waals surface area contributed by atoms with Gasteiger partial charge in [-0.25, -0.2) is 0 Å². The Morgan fingerprint density at radius 1 is 1.24 bits per heavy atom. The molecule has 5 nitrogen and oxygen atoms in total. The van der Waals surface area contributed by atoms with Crippen molar-refractivity contribution in [1.82, 2.24) is 0 Å². The Hall–Kier alpha value is -0.790. The van der Waals surface area contributed by atoms with Crippen molar-refractivity contribution in [2.45, 2.75) is 48.9 Å². The van der Waals surface area contributed by atoms with E-state index >= 15 is 0 Å². The number of nitrogens with two attached hydrogens (primary N) is 1. The fourth-order valence-corrected chi connectivity index (χ4v) is 4.22. The van der Waals surface area contributed by atoms with Crippen LogP contribution in [0.4, 0.5) is 5.69 Å². The number of hydrogen-bond acceptors (Lipinski definition) is 5. The van der Waals surface area contributed by atoms with Crippen molar-refractivity contribution in [2.24, 2.45) is 5.73 Å². The summed E-state index contributed by atoms with van der Waals surface area (Å²) < 4.78 is 11.0. The number of benzene rings is 1. The van der Waals surface area contributed by atoms with Crippen molar-refractivity contribution in [3.63, 3.8) is 0 Å². The van der Waals surface area contributed by atoms with Crippen molar-refractivity contribution < 1.29 is 14.3 Å². The van der Waals surface area contributed by atoms with Gasteiger partial charge in [0.1, 0.15) is 6.10 Å². The van der Waals surface area contributed by atoms with Crippen LogP contribution in [0, 0.1) is 0 Å². The zero-order valence-electron chi connectivity index (χ0n) is 14.3. The smallest absolute Gasteiger partial charge is 0.253 e. The van der Waals surface area contributed by atoms with Gasteiger partial charge in [0.2, 0.25) is 0 Å². The highest BCUT2D eigenvalue weighted by molar-refractivity contribution is 7.99. The molecule has 0 unspecified atom stereocenters. The van der Waals surface area contributed by atoms with Gasteiger partial charge in [-0.1, -0.05) is 12.1 Å². The number of amides is 1. The summed E-state index contributed by atoms with van der Waals surface area (Å²) in [5, 5.41) is 3.65. The topological polar surface area (TPSA) is 73.6 Å². The lowest BCUT2D eigenvalue weighted by Gasteiger charge is -2.21. The van der Waals surface area contributed by atoms with Gasteiger partial charge in [0.25, 0.3) is 5.91 Å². The van der Waals surface area contributed by atoms with Crippen LogP contribution in [0.2, 0.25) is 0 Å². The molecule has 2 aliphatic rings. The number of nitrogens with one attached hydrogen (secondary N) is 1. The molecule has 0 spiro atoms. The Balaban J connectivity index is 0.00000225. The molecule has 0 bridgehead atoms. The molecule has 1 aromatic rings. The summed E-state index contributed by atoms with van der Waals surface area (Å²) in [4.78, 5) is 12.3. The Bertz CT molecular complexity index is 555. The van der Waals surface area contributed by atoms with Crippen LogP contribution < -0.4 is 11.1 Å². The van der Waals surface area contributed by atoms with Crippen LogP contribution >= 0.6 is 24.2 Å². The second kappa shape index (κ2) is 10.4. The average molecular weight is 387 g/mol. The minimum atomic E-state index is -0.376. The van der Waals surface area contributed by atoms with Gasteiger partial charge in [0, 0.05) is 36.4 Å². The molecule has 3 N–H and O–H groups in total. The Morgan fingerprint density at radius 3 is 2.76 bits per heavy atom. The predicted octanol–water partition coefficient (Wildman–Crippen LogP) is 2.97. The predicted molar refractivity (Wildman–Crippen MR) is 104 cm³/mol. The van der Waals surface area contributed by atoms with Crippen LogP contribution in [0.25, 0.3) is 0 Å². The van der Waals surface area contributed by atoms with E-state index in [1.165, 1.54) is 5.56 Å². The number of ether oxygens (including phenoxy) is 2. The summed E-state index contributed by atoms with van der Waals surface area (Å²) >= 11 is 1.98. The second-order valence-corrected chi connectivity index (χ2v) is 7.66. The fourth-order valence-electron chi connectivity index (χ4n) is 3.09. The maximum Gasteiger partial charge on any atom is 0.253 e. The van der Waals surface area contributed by atoms with Crippen molar-refractivity contribution in [1.29, 1.82) is 0 Å². The molecule has 1 amide bonds. The van der Waals surface area contributed by atoms with Crippen LogP contribution in [-0.2, 0) is 20.0 Å². The van der Waals surface area contributed by atoms with Gasteiger partial charge >= 0.3 is 0 Å². The maximum atomic E-state index is 12.3. The van der Waals surface area contributed by atoms with Crippen LogP contribution in [-0.4, -0.2) is 43.1 Å². The Kier molecular flexibility index (Phi) is 8.52. The molecule has 2 saturated heterocycles. The molecule has 2 fully saturated rings. The molecule has 0 radical (unpaired) electrons. The standard InChI is InChI=1S/C18H26N2O3S.ClH/c19-11-15-4-5-17(23-15)18(21)20-14-3-1-2-13(10-14)12-24-16-6-8-22-9-7-16;/h1-3,10,15-17H,4-9,11-12,19H2,(H,20,21);1H/t15-,17+;/m1./s1. The molecular weight excluding hydrogens is 360 g/mol. The lowest BCUT2D eigenvalue weighted by atomic mass is 10.1. The normalized spacial score (nSPS) is 23.9. The van der Waals surface area contributed by atoms with E-state index in [0.29, 0.717) is 11.8 Å². The van der Waals surface area contributed by atoms with Crippen LogP contribution in [0.3, 0.4) is 0 Å². The summed E-state index contributed by atoms with van der Waals surface area (Å²) in [6.07, 6.45) is 3.50. The highest BCUT2D eigenvalue weighted by Crippen LogP contribution is 2.27. The van der Waals surface area contributed by atoms with Gasteiger partial charge < -0.3 is 20.5 Å². The first-order valence-electron chi connectivity index (χ1n) is 8.69. The molecule has 0 saturated carbocycles. The summed E-state index contributed by atoms with van der Waals surface area (Å²) in [5.41, 5.74) is 7.67. The van der Waals surface area contributed by atoms with E-state index in [9.17, 15) is 4.79 Å². The number of hydrogen-bond donors (Lipinski definition) is 2. The zero-order chi connectivity index (χ0) is 16.8. The summed E-state index contributed by atoms with van der Waals surface area (Å²) in [6, 6.07) is 8.08. The van der Waals surface area contributed by atoms with E-state index in [2.05, 4.69) is 17.4 Å². The fraction of sp³-hybridized carbons (Fsp3) is 0.611. The lowest BCUT2D eigenvalue weighted by molar-refractivity contribution is -0.126. The minimum Gasteiger partial charge on any atom is -0.381 e. The van der Waals surface area contributed by atoms with Crippen molar-refractivity contribution in [2.75, 3.05) is 25.1 Å². The van der Waals surface area contributed by atoms with E-state index in [4.69, 9.17) is 15.2 Å². The van der Waals surface area contributed by atoms with Gasteiger partial charge in [-0.2, -0.15) is 11.8 Å². The third kappa shape index (κ3) is 6.15. The lowest BCUT2D eigenvalue weighted by Crippen LogP contribution is -2.29. The van der Waals surface area contributed by atoms with Gasteiger partial charge in [-0.15, -0.1) is 12.4 Å². The quantitative estimate of drug-likeness (QED) is 0.786. The van der Waals surface area contributed by atoms with Gasteiger partial charge in [0.05, 0.1) is 6.10 Å². The molecule has 0 aromatic heterocycles. The van der Waals surface area contributed by atoms with Crippen molar-refractivity contribution >= 4 is 35.8 Å². The van der Waals surface area contributed by atoms with Crippen LogP contribution in [0.5, 0.6) is 0 Å². The van der Waals surface area contributed by atoms with Gasteiger partial charge in [-0.05, 0) is 43.4 Å². The largest absolute Gasteiger partial charge is 0.381 e. The van der Waals surface area contributed by atoms with Crippen molar-refractivity contribution in [3.05, 3.63) is 29.8 Å².